The number of H-pyrrole nitrogens is 1. The SMILES string of the molecule is CNCCN(C)Cc1cccc(C(=O)Nc2[nH]c3ccccc3c2C(=O)Nc2ccc(CCCc3ccc(C(=O)OC)cc3)cc2)c1. The fourth-order valence-corrected chi connectivity index (χ4v) is 5.53. The molecule has 0 aliphatic rings. The normalized spacial score (nSPS) is 11.1. The number of likely N-dealkylation sites (N-methyl/N-ethyl adjacent to an activating group) is 2. The summed E-state index contributed by atoms with van der Waals surface area (Å²) in [4.78, 5) is 44.1. The molecule has 4 aromatic carbocycles. The lowest BCUT2D eigenvalue weighted by Gasteiger charge is -2.16. The highest BCUT2D eigenvalue weighted by molar-refractivity contribution is 6.19. The van der Waals surface area contributed by atoms with Gasteiger partial charge in [-0.25, -0.2) is 4.79 Å². The van der Waals surface area contributed by atoms with Gasteiger partial charge in [-0.15, -0.1) is 0 Å². The molecule has 4 N–H and O–H groups in total. The van der Waals surface area contributed by atoms with Crippen LogP contribution in [0.4, 0.5) is 11.5 Å². The number of nitrogens with one attached hydrogen (secondary N) is 4. The van der Waals surface area contributed by atoms with Crippen molar-refractivity contribution < 1.29 is 19.1 Å². The van der Waals surface area contributed by atoms with Gasteiger partial charge in [0.2, 0.25) is 0 Å². The second-order valence-electron chi connectivity index (χ2n) is 11.6. The molecule has 0 unspecified atom stereocenters. The summed E-state index contributed by atoms with van der Waals surface area (Å²) in [6.45, 7) is 2.48. The number of aryl methyl sites for hydroxylation is 2. The Morgan fingerprint density at radius 3 is 2.17 bits per heavy atom. The number of aromatic nitrogens is 1. The molecule has 0 radical (unpaired) electrons. The molecule has 1 aromatic heterocycles. The van der Waals surface area contributed by atoms with Crippen LogP contribution >= 0.6 is 0 Å². The van der Waals surface area contributed by atoms with Crippen molar-refractivity contribution in [1.29, 1.82) is 0 Å². The van der Waals surface area contributed by atoms with Gasteiger partial charge in [-0.2, -0.15) is 0 Å². The van der Waals surface area contributed by atoms with E-state index in [1.165, 1.54) is 7.11 Å². The second kappa shape index (κ2) is 15.8. The van der Waals surface area contributed by atoms with E-state index < -0.39 is 0 Å². The van der Waals surface area contributed by atoms with Crippen LogP contribution in [0, 0.1) is 0 Å². The summed E-state index contributed by atoms with van der Waals surface area (Å²) in [5.74, 6) is -0.605. The highest BCUT2D eigenvalue weighted by Gasteiger charge is 2.21. The molecule has 0 aliphatic carbocycles. The summed E-state index contributed by atoms with van der Waals surface area (Å²) in [6, 6.07) is 30.3. The first-order valence-electron chi connectivity index (χ1n) is 15.8. The lowest BCUT2D eigenvalue weighted by atomic mass is 10.0. The van der Waals surface area contributed by atoms with Gasteiger partial charge in [0.05, 0.1) is 18.2 Å². The molecular formula is C38H41N5O4. The number of fused-ring (bicyclic) bond motifs is 1. The van der Waals surface area contributed by atoms with Crippen LogP contribution in [0.5, 0.6) is 0 Å². The first-order chi connectivity index (χ1) is 22.8. The van der Waals surface area contributed by atoms with E-state index in [1.807, 2.05) is 93.0 Å². The summed E-state index contributed by atoms with van der Waals surface area (Å²) >= 11 is 0. The van der Waals surface area contributed by atoms with Gasteiger partial charge < -0.3 is 30.6 Å². The van der Waals surface area contributed by atoms with E-state index in [0.29, 0.717) is 34.7 Å². The summed E-state index contributed by atoms with van der Waals surface area (Å²) in [5.41, 5.74) is 6.19. The molecule has 242 valence electrons. The van der Waals surface area contributed by atoms with E-state index in [4.69, 9.17) is 4.74 Å². The molecule has 47 heavy (non-hydrogen) atoms. The van der Waals surface area contributed by atoms with Crippen molar-refractivity contribution in [2.75, 3.05) is 44.9 Å². The molecule has 0 saturated heterocycles. The topological polar surface area (TPSA) is 116 Å². The third-order valence-electron chi connectivity index (χ3n) is 8.07. The Kier molecular flexibility index (Phi) is 11.2. The van der Waals surface area contributed by atoms with Crippen LogP contribution < -0.4 is 16.0 Å². The van der Waals surface area contributed by atoms with Crippen LogP contribution in [0.1, 0.15) is 54.2 Å². The number of hydrogen-bond acceptors (Lipinski definition) is 6. The van der Waals surface area contributed by atoms with Crippen molar-refractivity contribution >= 4 is 40.2 Å². The van der Waals surface area contributed by atoms with Gasteiger partial charge in [0.25, 0.3) is 11.8 Å². The molecule has 0 fully saturated rings. The van der Waals surface area contributed by atoms with E-state index in [9.17, 15) is 14.4 Å². The van der Waals surface area contributed by atoms with Crippen molar-refractivity contribution in [3.05, 3.63) is 130 Å². The second-order valence-corrected chi connectivity index (χ2v) is 11.6. The Bertz CT molecular complexity index is 1830. The van der Waals surface area contributed by atoms with E-state index in [1.54, 1.807) is 18.2 Å². The molecule has 2 amide bonds. The minimum Gasteiger partial charge on any atom is -0.465 e. The minimum atomic E-state index is -0.338. The van der Waals surface area contributed by atoms with E-state index in [2.05, 4.69) is 25.8 Å². The Labute approximate surface area is 275 Å². The summed E-state index contributed by atoms with van der Waals surface area (Å²) < 4.78 is 4.76. The molecule has 0 atom stereocenters. The summed E-state index contributed by atoms with van der Waals surface area (Å²) in [6.07, 6.45) is 2.70. The number of anilines is 2. The number of methoxy groups -OCH3 is 1. The number of amides is 2. The predicted molar refractivity (Wildman–Crippen MR) is 187 cm³/mol. The van der Waals surface area contributed by atoms with Crippen molar-refractivity contribution in [3.63, 3.8) is 0 Å². The van der Waals surface area contributed by atoms with Gasteiger partial charge in [-0.1, -0.05) is 54.6 Å². The maximum absolute atomic E-state index is 13.7. The number of carbonyl (C=O) groups excluding carboxylic acids is 3. The number of nitrogens with zero attached hydrogens (tertiary/aromatic N) is 1. The van der Waals surface area contributed by atoms with Crippen molar-refractivity contribution in [2.45, 2.75) is 25.8 Å². The number of rotatable bonds is 14. The van der Waals surface area contributed by atoms with Crippen molar-refractivity contribution in [1.82, 2.24) is 15.2 Å². The first-order valence-corrected chi connectivity index (χ1v) is 15.8. The van der Waals surface area contributed by atoms with Gasteiger partial charge in [0.15, 0.2) is 0 Å². The zero-order valence-electron chi connectivity index (χ0n) is 27.1. The number of benzene rings is 4. The largest absolute Gasteiger partial charge is 0.465 e. The fourth-order valence-electron chi connectivity index (χ4n) is 5.53. The molecular weight excluding hydrogens is 590 g/mol. The summed E-state index contributed by atoms with van der Waals surface area (Å²) in [5, 5.41) is 9.83. The molecule has 9 nitrogen and oxygen atoms in total. The van der Waals surface area contributed by atoms with E-state index in [-0.39, 0.29) is 17.8 Å². The number of esters is 1. The number of aromatic amines is 1. The Balaban J connectivity index is 1.23. The maximum atomic E-state index is 13.7. The molecule has 1 heterocycles. The standard InChI is InChI=1S/C38H41N5O4/c1-39-22-23-43(2)25-28-10-7-11-30(24-28)36(44)42-35-34(32-12-4-5-13-33(32)41-35)37(45)40-31-20-16-27(17-21-31)9-6-8-26-14-18-29(19-15-26)38(46)47-3/h4-5,7,10-21,24,39,41H,6,8-9,22-23,25H2,1-3H3,(H,40,45)(H,42,44). The molecule has 5 rings (SSSR count). The van der Waals surface area contributed by atoms with Crippen LogP contribution in [0.3, 0.4) is 0 Å². The van der Waals surface area contributed by atoms with Gasteiger partial charge in [0.1, 0.15) is 5.82 Å². The average Bonchev–Trinajstić information content (AvgIpc) is 3.46. The lowest BCUT2D eigenvalue weighted by Crippen LogP contribution is -2.27. The smallest absolute Gasteiger partial charge is 0.337 e. The van der Waals surface area contributed by atoms with Gasteiger partial charge >= 0.3 is 5.97 Å². The van der Waals surface area contributed by atoms with Gasteiger partial charge in [0, 0.05) is 41.8 Å². The quantitative estimate of drug-likeness (QED) is 0.107. The maximum Gasteiger partial charge on any atom is 0.337 e. The van der Waals surface area contributed by atoms with Crippen LogP contribution in [0.2, 0.25) is 0 Å². The highest BCUT2D eigenvalue weighted by Crippen LogP contribution is 2.28. The zero-order valence-corrected chi connectivity index (χ0v) is 27.1. The zero-order chi connectivity index (χ0) is 33.2. The third kappa shape index (κ3) is 8.72. The molecule has 0 aliphatic heterocycles. The van der Waals surface area contributed by atoms with Gasteiger partial charge in [-0.3, -0.25) is 9.59 Å². The van der Waals surface area contributed by atoms with Crippen LogP contribution in [0.15, 0.2) is 97.1 Å². The number of hydrogen-bond donors (Lipinski definition) is 4. The molecule has 0 spiro atoms. The van der Waals surface area contributed by atoms with Crippen LogP contribution in [-0.2, 0) is 24.1 Å². The van der Waals surface area contributed by atoms with E-state index >= 15 is 0 Å². The van der Waals surface area contributed by atoms with Crippen molar-refractivity contribution in [2.24, 2.45) is 0 Å². The summed E-state index contributed by atoms with van der Waals surface area (Å²) in [7, 11) is 5.35. The Morgan fingerprint density at radius 2 is 1.47 bits per heavy atom. The minimum absolute atomic E-state index is 0.297. The van der Waals surface area contributed by atoms with Gasteiger partial charge in [-0.05, 0) is 92.5 Å². The average molecular weight is 632 g/mol. The Hall–Kier alpha value is -5.25. The van der Waals surface area contributed by atoms with Crippen LogP contribution in [-0.4, -0.2) is 62.0 Å². The third-order valence-corrected chi connectivity index (χ3v) is 8.07. The molecule has 5 aromatic rings. The molecule has 0 saturated carbocycles. The highest BCUT2D eigenvalue weighted by atomic mass is 16.5. The van der Waals surface area contributed by atoms with Crippen LogP contribution in [0.25, 0.3) is 10.9 Å². The fraction of sp³-hybridized carbons (Fsp3) is 0.237. The molecule has 9 heteroatoms. The first kappa shape index (κ1) is 33.1. The number of carbonyl (C=O) groups is 3. The number of para-hydroxylation sites is 1. The Morgan fingerprint density at radius 1 is 0.766 bits per heavy atom. The molecule has 0 bridgehead atoms. The van der Waals surface area contributed by atoms with Crippen molar-refractivity contribution in [3.8, 4) is 0 Å². The lowest BCUT2D eigenvalue weighted by molar-refractivity contribution is 0.0600. The van der Waals surface area contributed by atoms with E-state index in [0.717, 1.165) is 59.9 Å². The predicted octanol–water partition coefficient (Wildman–Crippen LogP) is 6.29. The monoisotopic (exact) mass is 631 g/mol. The number of ether oxygens (including phenoxy) is 1.